The van der Waals surface area contributed by atoms with Crippen LogP contribution in [0.3, 0.4) is 0 Å². The lowest BCUT2D eigenvalue weighted by molar-refractivity contribution is -0.161. The highest BCUT2D eigenvalue weighted by atomic mass is 16.6. The minimum Gasteiger partial charge on any atom is -0.462 e. The molecule has 0 heterocycles. The van der Waals surface area contributed by atoms with E-state index < -0.39 is 12.1 Å². The van der Waals surface area contributed by atoms with Crippen molar-refractivity contribution in [2.24, 2.45) is 46.3 Å². The van der Waals surface area contributed by atoms with E-state index in [0.717, 1.165) is 74.0 Å². The standard InChI is InChI=1S/C53H93NO6/c1-9-10-11-12-13-14-15-16-17-18-19-20-21-22-26-50(56)60-44(38-54(7)8)39-58-49(55)31-32-51(57)59-43-33-35-52(5)42(37-43)27-28-45-47-30-29-46(41(4)25-23-24-40(2)3)53(47,6)36-34-48(45)52/h27,40-41,43-48H,9-26,28-39H2,1-8H3/t41-,43+,44?,45?,46-,47?,48?,52+,53-/m1/s1. The zero-order valence-corrected chi connectivity index (χ0v) is 40.3. The summed E-state index contributed by atoms with van der Waals surface area (Å²) >= 11 is 0. The molecule has 7 heteroatoms. The number of rotatable bonds is 29. The predicted molar refractivity (Wildman–Crippen MR) is 246 cm³/mol. The second-order valence-electron chi connectivity index (χ2n) is 21.5. The van der Waals surface area contributed by atoms with Crippen molar-refractivity contribution in [3.05, 3.63) is 11.6 Å². The van der Waals surface area contributed by atoms with E-state index in [4.69, 9.17) is 14.2 Å². The first-order valence-electron chi connectivity index (χ1n) is 25.7. The summed E-state index contributed by atoms with van der Waals surface area (Å²) < 4.78 is 17.3. The topological polar surface area (TPSA) is 82.1 Å². The van der Waals surface area contributed by atoms with Crippen LogP contribution < -0.4 is 0 Å². The zero-order chi connectivity index (χ0) is 43.5. The van der Waals surface area contributed by atoms with Gasteiger partial charge >= 0.3 is 17.9 Å². The first kappa shape index (κ1) is 50.8. The molecular weight excluding hydrogens is 747 g/mol. The molecule has 0 bridgehead atoms. The average Bonchev–Trinajstić information content (AvgIpc) is 3.56. The lowest BCUT2D eigenvalue weighted by atomic mass is 9.47. The zero-order valence-electron chi connectivity index (χ0n) is 40.3. The molecule has 346 valence electrons. The Morgan fingerprint density at radius 1 is 0.717 bits per heavy atom. The van der Waals surface area contributed by atoms with Crippen molar-refractivity contribution in [3.63, 3.8) is 0 Å². The van der Waals surface area contributed by atoms with Crippen LogP contribution in [0.25, 0.3) is 0 Å². The summed E-state index contributed by atoms with van der Waals surface area (Å²) in [5.74, 6) is 3.82. The Morgan fingerprint density at radius 3 is 1.98 bits per heavy atom. The van der Waals surface area contributed by atoms with Crippen LogP contribution in [-0.4, -0.2) is 62.3 Å². The summed E-state index contributed by atoms with van der Waals surface area (Å²) in [6.07, 6.45) is 33.7. The van der Waals surface area contributed by atoms with Crippen molar-refractivity contribution in [1.29, 1.82) is 0 Å². The van der Waals surface area contributed by atoms with Crippen molar-refractivity contribution in [2.75, 3.05) is 27.2 Å². The first-order chi connectivity index (χ1) is 28.8. The Morgan fingerprint density at radius 2 is 1.35 bits per heavy atom. The largest absolute Gasteiger partial charge is 0.462 e. The van der Waals surface area contributed by atoms with Gasteiger partial charge in [0.15, 0.2) is 0 Å². The number of hydrogen-bond acceptors (Lipinski definition) is 7. The number of carbonyl (C=O) groups excluding carboxylic acids is 3. The van der Waals surface area contributed by atoms with E-state index in [9.17, 15) is 14.4 Å². The molecule has 7 nitrogen and oxygen atoms in total. The molecule has 4 aliphatic rings. The van der Waals surface area contributed by atoms with Crippen molar-refractivity contribution >= 4 is 17.9 Å². The number of fused-ring (bicyclic) bond motifs is 5. The van der Waals surface area contributed by atoms with Crippen LogP contribution in [0.2, 0.25) is 0 Å². The maximum absolute atomic E-state index is 13.0. The summed E-state index contributed by atoms with van der Waals surface area (Å²) in [5.41, 5.74) is 2.20. The van der Waals surface area contributed by atoms with Gasteiger partial charge in [-0.15, -0.1) is 0 Å². The molecule has 0 aromatic carbocycles. The van der Waals surface area contributed by atoms with E-state index in [2.05, 4.69) is 47.6 Å². The van der Waals surface area contributed by atoms with Gasteiger partial charge in [-0.1, -0.05) is 156 Å². The Bertz CT molecular complexity index is 1310. The highest BCUT2D eigenvalue weighted by Gasteiger charge is 2.59. The molecule has 0 N–H and O–H groups in total. The first-order valence-corrected chi connectivity index (χ1v) is 25.7. The van der Waals surface area contributed by atoms with E-state index in [1.165, 1.54) is 128 Å². The number of nitrogens with zero attached hydrogens (tertiary/aromatic N) is 1. The van der Waals surface area contributed by atoms with E-state index in [1.54, 1.807) is 0 Å². The third-order valence-electron chi connectivity index (χ3n) is 16.1. The Hall–Kier alpha value is -1.89. The number of likely N-dealkylation sites (N-methyl/N-ethyl adjacent to an activating group) is 1. The summed E-state index contributed by atoms with van der Waals surface area (Å²) in [5, 5.41) is 0. The molecule has 0 aromatic heterocycles. The quantitative estimate of drug-likeness (QED) is 0.0321. The maximum atomic E-state index is 13.0. The van der Waals surface area contributed by atoms with Crippen LogP contribution in [0, 0.1) is 46.3 Å². The number of ether oxygens (including phenoxy) is 3. The molecule has 0 aliphatic heterocycles. The van der Waals surface area contributed by atoms with Crippen LogP contribution in [0.5, 0.6) is 0 Å². The lowest BCUT2D eigenvalue weighted by Crippen LogP contribution is -2.51. The Balaban J connectivity index is 1.10. The molecule has 0 saturated heterocycles. The summed E-state index contributed by atoms with van der Waals surface area (Å²) in [7, 11) is 3.82. The van der Waals surface area contributed by atoms with Crippen LogP contribution in [0.4, 0.5) is 0 Å². The van der Waals surface area contributed by atoms with Crippen molar-refractivity contribution in [2.45, 2.75) is 234 Å². The SMILES string of the molecule is CCCCCCCCCCCCCCCCC(=O)OC(COC(=O)CCC(=O)O[C@H]1CC[C@@]2(C)C(=CCC3C2CC[C@@]2(C)C3CC[C@@H]2[C@H](C)CCCC(C)C)C1)CN(C)C. The molecule has 4 rings (SSSR count). The number of allylic oxidation sites excluding steroid dienone is 1. The van der Waals surface area contributed by atoms with Gasteiger partial charge in [0.1, 0.15) is 18.8 Å². The Labute approximate surface area is 369 Å². The highest BCUT2D eigenvalue weighted by molar-refractivity contribution is 5.77. The highest BCUT2D eigenvalue weighted by Crippen LogP contribution is 2.67. The molecule has 3 saturated carbocycles. The number of esters is 3. The molecule has 0 spiro atoms. The minimum atomic E-state index is -0.536. The van der Waals surface area contributed by atoms with Gasteiger partial charge < -0.3 is 19.1 Å². The van der Waals surface area contributed by atoms with E-state index in [0.29, 0.717) is 18.4 Å². The van der Waals surface area contributed by atoms with Gasteiger partial charge in [0.05, 0.1) is 12.8 Å². The Kier molecular flexibility index (Phi) is 22.0. The molecule has 4 aliphatic carbocycles. The fourth-order valence-corrected chi connectivity index (χ4v) is 12.7. The summed E-state index contributed by atoms with van der Waals surface area (Å²) in [6, 6.07) is 0. The number of hydrogen-bond donors (Lipinski definition) is 0. The van der Waals surface area contributed by atoms with E-state index in [-0.39, 0.29) is 42.9 Å². The molecular formula is C53H93NO6. The molecule has 9 atom stereocenters. The normalized spacial score (nSPS) is 28.4. The molecule has 60 heavy (non-hydrogen) atoms. The van der Waals surface area contributed by atoms with Gasteiger partial charge in [-0.3, -0.25) is 14.4 Å². The maximum Gasteiger partial charge on any atom is 0.306 e. The van der Waals surface area contributed by atoms with Crippen LogP contribution in [-0.2, 0) is 28.6 Å². The number of carbonyl (C=O) groups is 3. The van der Waals surface area contributed by atoms with Gasteiger partial charge in [-0.25, -0.2) is 0 Å². The van der Waals surface area contributed by atoms with Crippen molar-refractivity contribution in [1.82, 2.24) is 4.90 Å². The van der Waals surface area contributed by atoms with Gasteiger partial charge in [-0.2, -0.15) is 0 Å². The van der Waals surface area contributed by atoms with Gasteiger partial charge in [-0.05, 0) is 112 Å². The van der Waals surface area contributed by atoms with E-state index >= 15 is 0 Å². The molecule has 0 aromatic rings. The summed E-state index contributed by atoms with van der Waals surface area (Å²) in [4.78, 5) is 40.3. The summed E-state index contributed by atoms with van der Waals surface area (Å²) in [6.45, 7) is 15.2. The van der Waals surface area contributed by atoms with Crippen LogP contribution >= 0.6 is 0 Å². The van der Waals surface area contributed by atoms with Crippen molar-refractivity contribution < 1.29 is 28.6 Å². The molecule has 4 unspecified atom stereocenters. The monoisotopic (exact) mass is 840 g/mol. The second-order valence-corrected chi connectivity index (χ2v) is 21.5. The third kappa shape index (κ3) is 15.7. The van der Waals surface area contributed by atoms with Crippen LogP contribution in [0.15, 0.2) is 11.6 Å². The fourth-order valence-electron chi connectivity index (χ4n) is 12.7. The third-order valence-corrected chi connectivity index (χ3v) is 16.1. The second kappa shape index (κ2) is 26.0. The number of unbranched alkanes of at least 4 members (excludes halogenated alkanes) is 13. The van der Waals surface area contributed by atoms with E-state index in [1.807, 2.05) is 19.0 Å². The van der Waals surface area contributed by atoms with Gasteiger partial charge in [0, 0.05) is 19.4 Å². The van der Waals surface area contributed by atoms with Gasteiger partial charge in [0.2, 0.25) is 0 Å². The lowest BCUT2D eigenvalue weighted by Gasteiger charge is -2.58. The van der Waals surface area contributed by atoms with Gasteiger partial charge in [0.25, 0.3) is 0 Å². The molecule has 3 fully saturated rings. The minimum absolute atomic E-state index is 0.00489. The predicted octanol–water partition coefficient (Wildman–Crippen LogP) is 13.6. The van der Waals surface area contributed by atoms with Crippen LogP contribution in [0.1, 0.15) is 221 Å². The average molecular weight is 840 g/mol. The fraction of sp³-hybridized carbons (Fsp3) is 0.906. The van der Waals surface area contributed by atoms with Crippen molar-refractivity contribution in [3.8, 4) is 0 Å². The molecule has 0 radical (unpaired) electrons. The molecule has 0 amide bonds. The smallest absolute Gasteiger partial charge is 0.306 e.